The van der Waals surface area contributed by atoms with Gasteiger partial charge in [-0.05, 0) is 37.0 Å². The monoisotopic (exact) mass is 306 g/mol. The van der Waals surface area contributed by atoms with E-state index < -0.39 is 0 Å². The van der Waals surface area contributed by atoms with Crippen LogP contribution in [-0.4, -0.2) is 3.92 Å². The van der Waals surface area contributed by atoms with E-state index in [-0.39, 0.29) is 0 Å². The maximum Gasteiger partial charge on any atom is 0.0141 e. The predicted octanol–water partition coefficient (Wildman–Crippen LogP) is 4.81. The molecule has 0 aromatic carbocycles. The van der Waals surface area contributed by atoms with Crippen molar-refractivity contribution >= 4 is 22.6 Å². The van der Waals surface area contributed by atoms with Crippen LogP contribution < -0.4 is 0 Å². The smallest absolute Gasteiger partial charge is 0.0141 e. The first-order valence-corrected chi connectivity index (χ1v) is 7.67. The normalized spacial score (nSPS) is 45.0. The highest BCUT2D eigenvalue weighted by Gasteiger charge is 2.34. The van der Waals surface area contributed by atoms with Crippen molar-refractivity contribution < 1.29 is 0 Å². The molecule has 82 valence electrons. The Morgan fingerprint density at radius 2 is 1.36 bits per heavy atom. The second kappa shape index (κ2) is 5.18. The first-order chi connectivity index (χ1) is 6.79. The highest BCUT2D eigenvalue weighted by Crippen LogP contribution is 2.43. The molecule has 0 N–H and O–H groups in total. The maximum atomic E-state index is 2.73. The topological polar surface area (TPSA) is 0 Å². The molecule has 14 heavy (non-hydrogen) atoms. The first-order valence-electron chi connectivity index (χ1n) is 6.43. The molecule has 0 bridgehead atoms. The lowest BCUT2D eigenvalue weighted by Crippen LogP contribution is -2.32. The highest BCUT2D eigenvalue weighted by molar-refractivity contribution is 14.1. The van der Waals surface area contributed by atoms with Crippen LogP contribution in [0.4, 0.5) is 0 Å². The molecule has 0 nitrogen and oxygen atoms in total. The summed E-state index contributed by atoms with van der Waals surface area (Å²) in [5.74, 6) is 3.16. The fourth-order valence-electron chi connectivity index (χ4n) is 3.58. The van der Waals surface area contributed by atoms with Crippen LogP contribution in [-0.2, 0) is 0 Å². The van der Waals surface area contributed by atoms with Gasteiger partial charge in [0.05, 0.1) is 0 Å². The van der Waals surface area contributed by atoms with Gasteiger partial charge in [0.2, 0.25) is 0 Å². The summed E-state index contributed by atoms with van der Waals surface area (Å²) in [6.45, 7) is 2.50. The molecule has 2 rings (SSSR count). The highest BCUT2D eigenvalue weighted by atomic mass is 127. The van der Waals surface area contributed by atoms with E-state index in [0.29, 0.717) is 0 Å². The van der Waals surface area contributed by atoms with Crippen molar-refractivity contribution in [1.82, 2.24) is 0 Å². The van der Waals surface area contributed by atoms with Crippen LogP contribution in [0.5, 0.6) is 0 Å². The first kappa shape index (κ1) is 11.2. The standard InChI is InChI=1S/C13H23I/c1-10-6-2-3-7-11(10)12-8-4-5-9-13(12)14/h10-13H,2-9H2,1H3. The van der Waals surface area contributed by atoms with Crippen LogP contribution in [0, 0.1) is 17.8 Å². The van der Waals surface area contributed by atoms with Gasteiger partial charge in [-0.25, -0.2) is 0 Å². The number of hydrogen-bond acceptors (Lipinski definition) is 0. The molecule has 4 atom stereocenters. The van der Waals surface area contributed by atoms with Crippen molar-refractivity contribution in [3.8, 4) is 0 Å². The molecular weight excluding hydrogens is 283 g/mol. The van der Waals surface area contributed by atoms with E-state index in [1.807, 2.05) is 0 Å². The molecule has 2 fully saturated rings. The summed E-state index contributed by atoms with van der Waals surface area (Å²) in [7, 11) is 0. The Kier molecular flexibility index (Phi) is 4.15. The summed E-state index contributed by atoms with van der Waals surface area (Å²) >= 11 is 2.73. The van der Waals surface area contributed by atoms with Crippen molar-refractivity contribution in [2.75, 3.05) is 0 Å². The van der Waals surface area contributed by atoms with Gasteiger partial charge < -0.3 is 0 Å². The van der Waals surface area contributed by atoms with Gasteiger partial charge in [0.15, 0.2) is 0 Å². The van der Waals surface area contributed by atoms with Gasteiger partial charge in [0, 0.05) is 3.92 Å². The summed E-state index contributed by atoms with van der Waals surface area (Å²) in [6, 6.07) is 0. The lowest BCUT2D eigenvalue weighted by Gasteiger charge is -2.40. The van der Waals surface area contributed by atoms with Gasteiger partial charge in [-0.2, -0.15) is 0 Å². The average molecular weight is 306 g/mol. The quantitative estimate of drug-likeness (QED) is 0.482. The summed E-state index contributed by atoms with van der Waals surface area (Å²) in [6.07, 6.45) is 12.1. The zero-order valence-electron chi connectivity index (χ0n) is 9.34. The Bertz CT molecular complexity index is 158. The zero-order chi connectivity index (χ0) is 9.97. The second-order valence-corrected chi connectivity index (χ2v) is 6.99. The van der Waals surface area contributed by atoms with Crippen molar-refractivity contribution in [2.45, 2.75) is 62.2 Å². The third-order valence-electron chi connectivity index (χ3n) is 4.46. The summed E-state index contributed by atoms with van der Waals surface area (Å²) in [5, 5.41) is 0. The van der Waals surface area contributed by atoms with E-state index in [2.05, 4.69) is 29.5 Å². The van der Waals surface area contributed by atoms with Crippen molar-refractivity contribution in [2.24, 2.45) is 17.8 Å². The van der Waals surface area contributed by atoms with Crippen LogP contribution in [0.25, 0.3) is 0 Å². The molecule has 0 amide bonds. The van der Waals surface area contributed by atoms with Crippen molar-refractivity contribution in [3.63, 3.8) is 0 Å². The van der Waals surface area contributed by atoms with Crippen LogP contribution >= 0.6 is 22.6 Å². The van der Waals surface area contributed by atoms with E-state index in [4.69, 9.17) is 0 Å². The van der Waals surface area contributed by atoms with Gasteiger partial charge in [0.1, 0.15) is 0 Å². The maximum absolute atomic E-state index is 2.73. The molecule has 2 aliphatic carbocycles. The van der Waals surface area contributed by atoms with Gasteiger partial charge in [-0.3, -0.25) is 0 Å². The van der Waals surface area contributed by atoms with Gasteiger partial charge in [-0.15, -0.1) is 0 Å². The number of rotatable bonds is 1. The van der Waals surface area contributed by atoms with E-state index in [1.54, 1.807) is 0 Å². The SMILES string of the molecule is CC1CCCCC1C1CCCCC1I. The minimum absolute atomic E-state index is 0.992. The molecule has 0 aliphatic heterocycles. The molecule has 2 aliphatic rings. The van der Waals surface area contributed by atoms with Crippen LogP contribution in [0.15, 0.2) is 0 Å². The Hall–Kier alpha value is 0.730. The Morgan fingerprint density at radius 3 is 2.00 bits per heavy atom. The lowest BCUT2D eigenvalue weighted by atomic mass is 9.69. The van der Waals surface area contributed by atoms with E-state index in [1.165, 1.54) is 51.4 Å². The van der Waals surface area contributed by atoms with Gasteiger partial charge in [0.25, 0.3) is 0 Å². The fraction of sp³-hybridized carbons (Fsp3) is 1.00. The van der Waals surface area contributed by atoms with Gasteiger partial charge in [-0.1, -0.05) is 61.6 Å². The minimum atomic E-state index is 0.992. The molecule has 2 saturated carbocycles. The molecule has 0 aromatic heterocycles. The van der Waals surface area contributed by atoms with E-state index >= 15 is 0 Å². The minimum Gasteiger partial charge on any atom is -0.0823 e. The summed E-state index contributed by atoms with van der Waals surface area (Å²) in [4.78, 5) is 0. The van der Waals surface area contributed by atoms with Crippen LogP contribution in [0.3, 0.4) is 0 Å². The number of hydrogen-bond donors (Lipinski definition) is 0. The molecule has 0 aromatic rings. The van der Waals surface area contributed by atoms with E-state index in [9.17, 15) is 0 Å². The molecule has 4 unspecified atom stereocenters. The Labute approximate surface area is 102 Å². The van der Waals surface area contributed by atoms with Crippen LogP contribution in [0.2, 0.25) is 0 Å². The summed E-state index contributed by atoms with van der Waals surface area (Å²) < 4.78 is 0.992. The Morgan fingerprint density at radius 1 is 0.786 bits per heavy atom. The molecule has 1 heteroatoms. The fourth-order valence-corrected chi connectivity index (χ4v) is 4.91. The molecular formula is C13H23I. The molecule has 0 spiro atoms. The predicted molar refractivity (Wildman–Crippen MR) is 70.9 cm³/mol. The molecule has 0 saturated heterocycles. The van der Waals surface area contributed by atoms with Crippen LogP contribution in [0.1, 0.15) is 58.3 Å². The third-order valence-corrected chi connectivity index (χ3v) is 6.01. The number of halogens is 1. The van der Waals surface area contributed by atoms with Gasteiger partial charge >= 0.3 is 0 Å². The third kappa shape index (κ3) is 2.45. The van der Waals surface area contributed by atoms with Crippen molar-refractivity contribution in [3.05, 3.63) is 0 Å². The second-order valence-electron chi connectivity index (χ2n) is 5.39. The number of alkyl halides is 1. The largest absolute Gasteiger partial charge is 0.0823 e. The molecule has 0 heterocycles. The lowest BCUT2D eigenvalue weighted by molar-refractivity contribution is 0.148. The Balaban J connectivity index is 1.96. The summed E-state index contributed by atoms with van der Waals surface area (Å²) in [5.41, 5.74) is 0. The van der Waals surface area contributed by atoms with E-state index in [0.717, 1.165) is 21.7 Å². The molecule has 0 radical (unpaired) electrons. The zero-order valence-corrected chi connectivity index (χ0v) is 11.5. The van der Waals surface area contributed by atoms with Crippen molar-refractivity contribution in [1.29, 1.82) is 0 Å². The average Bonchev–Trinajstić information content (AvgIpc) is 2.20.